The number of benzene rings is 4. The fourth-order valence-corrected chi connectivity index (χ4v) is 5.49. The van der Waals surface area contributed by atoms with Crippen molar-refractivity contribution in [3.8, 4) is 23.0 Å². The lowest BCUT2D eigenvalue weighted by molar-refractivity contribution is -0.001000. The molecule has 192 valence electrons. The van der Waals surface area contributed by atoms with Gasteiger partial charge in [0.15, 0.2) is 0 Å². The van der Waals surface area contributed by atoms with Crippen LogP contribution < -0.4 is 65.0 Å². The molecular formula is C28H32Cl2O4P2. The quantitative estimate of drug-likeness (QED) is 0.235. The van der Waals surface area contributed by atoms with E-state index in [0.717, 1.165) is 23.0 Å². The maximum absolute atomic E-state index is 5.14. The number of ether oxygens (including phenoxy) is 4. The molecule has 0 bridgehead atoms. The van der Waals surface area contributed by atoms with E-state index < -0.39 is 0 Å². The Labute approximate surface area is 230 Å². The third-order valence-corrected chi connectivity index (χ3v) is 8.00. The molecule has 0 spiro atoms. The molecule has 0 saturated carbocycles. The fraction of sp³-hybridized carbons (Fsp3) is 0.143. The van der Waals surface area contributed by atoms with Crippen LogP contribution in [0.4, 0.5) is 0 Å². The van der Waals surface area contributed by atoms with E-state index in [4.69, 9.17) is 18.9 Å². The Bertz CT molecular complexity index is 938. The fourth-order valence-electron chi connectivity index (χ4n) is 3.19. The van der Waals surface area contributed by atoms with Gasteiger partial charge in [0, 0.05) is 0 Å². The minimum Gasteiger partial charge on any atom is -1.00 e. The Morgan fingerprint density at radius 2 is 0.500 bits per heavy atom. The Kier molecular flexibility index (Phi) is 14.9. The van der Waals surface area contributed by atoms with Gasteiger partial charge in [0.05, 0.1) is 66.8 Å². The monoisotopic (exact) mass is 564 g/mol. The highest BCUT2D eigenvalue weighted by atomic mass is 35.5. The highest BCUT2D eigenvalue weighted by Crippen LogP contribution is 2.17. The van der Waals surface area contributed by atoms with Crippen molar-refractivity contribution in [1.29, 1.82) is 0 Å². The number of rotatable bonds is 8. The molecule has 4 aromatic carbocycles. The first-order chi connectivity index (χ1) is 16.6. The Morgan fingerprint density at radius 1 is 0.333 bits per heavy atom. The van der Waals surface area contributed by atoms with Crippen LogP contribution in [0.5, 0.6) is 23.0 Å². The molecule has 36 heavy (non-hydrogen) atoms. The van der Waals surface area contributed by atoms with Gasteiger partial charge in [-0.1, -0.05) is 0 Å². The first-order valence-electron chi connectivity index (χ1n) is 10.9. The second-order valence-electron chi connectivity index (χ2n) is 7.38. The first-order valence-corrected chi connectivity index (χ1v) is 13.2. The van der Waals surface area contributed by atoms with Crippen LogP contribution in [-0.4, -0.2) is 28.4 Å². The van der Waals surface area contributed by atoms with Crippen LogP contribution in [-0.2, 0) is 0 Å². The van der Waals surface area contributed by atoms with E-state index in [1.54, 1.807) is 28.4 Å². The van der Waals surface area contributed by atoms with Crippen molar-refractivity contribution in [3.63, 3.8) is 0 Å². The van der Waals surface area contributed by atoms with Crippen LogP contribution in [0.25, 0.3) is 0 Å². The van der Waals surface area contributed by atoms with Gasteiger partial charge in [-0.3, -0.25) is 0 Å². The van der Waals surface area contributed by atoms with Gasteiger partial charge in [0.25, 0.3) is 0 Å². The Morgan fingerprint density at radius 3 is 0.639 bits per heavy atom. The molecular weight excluding hydrogens is 533 g/mol. The van der Waals surface area contributed by atoms with Gasteiger partial charge in [0.2, 0.25) is 0 Å². The van der Waals surface area contributed by atoms with Crippen molar-refractivity contribution in [3.05, 3.63) is 97.1 Å². The average molecular weight is 565 g/mol. The third kappa shape index (κ3) is 10.2. The van der Waals surface area contributed by atoms with E-state index in [1.807, 2.05) is 48.5 Å². The summed E-state index contributed by atoms with van der Waals surface area (Å²) in [5, 5.41) is 5.43. The van der Waals surface area contributed by atoms with Gasteiger partial charge in [-0.05, 0) is 97.1 Å². The lowest BCUT2D eigenvalue weighted by atomic mass is 10.3. The van der Waals surface area contributed by atoms with Gasteiger partial charge in [0.1, 0.15) is 23.0 Å². The lowest BCUT2D eigenvalue weighted by Crippen LogP contribution is -3.00. The summed E-state index contributed by atoms with van der Waals surface area (Å²) in [4.78, 5) is 0. The highest BCUT2D eigenvalue weighted by Gasteiger charge is 2.05. The molecule has 0 amide bonds. The first kappa shape index (κ1) is 31.5. The van der Waals surface area contributed by atoms with Gasteiger partial charge in [-0.2, -0.15) is 0 Å². The molecule has 0 heterocycles. The van der Waals surface area contributed by atoms with Crippen molar-refractivity contribution in [2.24, 2.45) is 0 Å². The average Bonchev–Trinajstić information content (AvgIpc) is 2.91. The topological polar surface area (TPSA) is 36.9 Å². The van der Waals surface area contributed by atoms with E-state index in [2.05, 4.69) is 48.5 Å². The van der Waals surface area contributed by atoms with Crippen LogP contribution >= 0.6 is 17.2 Å². The number of hydrogen-bond donors (Lipinski definition) is 0. The molecule has 4 nitrogen and oxygen atoms in total. The zero-order chi connectivity index (χ0) is 24.2. The summed E-state index contributed by atoms with van der Waals surface area (Å²) in [6, 6.07) is 33.0. The molecule has 0 aliphatic heterocycles. The summed E-state index contributed by atoms with van der Waals surface area (Å²) >= 11 is 0. The molecule has 4 rings (SSSR count). The largest absolute Gasteiger partial charge is 1.00 e. The van der Waals surface area contributed by atoms with Gasteiger partial charge in [-0.25, -0.2) is 0 Å². The van der Waals surface area contributed by atoms with Crippen molar-refractivity contribution in [2.75, 3.05) is 28.4 Å². The predicted molar refractivity (Wildman–Crippen MR) is 150 cm³/mol. The van der Waals surface area contributed by atoms with Crippen LogP contribution in [0.15, 0.2) is 97.1 Å². The maximum atomic E-state index is 5.14. The predicted octanol–water partition coefficient (Wildman–Crippen LogP) is -1.86. The highest BCUT2D eigenvalue weighted by molar-refractivity contribution is 7.55. The molecule has 0 aromatic heterocycles. The lowest BCUT2D eigenvalue weighted by Gasteiger charge is -2.00. The summed E-state index contributed by atoms with van der Waals surface area (Å²) in [7, 11) is 7.01. The van der Waals surface area contributed by atoms with Crippen LogP contribution in [0.3, 0.4) is 0 Å². The molecule has 0 saturated heterocycles. The van der Waals surface area contributed by atoms with E-state index >= 15 is 0 Å². The molecule has 0 unspecified atom stereocenters. The second-order valence-corrected chi connectivity index (χ2v) is 10.6. The van der Waals surface area contributed by atoms with Crippen LogP contribution in [0, 0.1) is 0 Å². The van der Waals surface area contributed by atoms with Crippen LogP contribution in [0.1, 0.15) is 0 Å². The van der Waals surface area contributed by atoms with Crippen molar-refractivity contribution in [1.82, 2.24) is 0 Å². The van der Waals surface area contributed by atoms with Gasteiger partial charge >= 0.3 is 0 Å². The summed E-state index contributed by atoms with van der Waals surface area (Å²) < 4.78 is 20.6. The molecule has 8 heteroatoms. The second kappa shape index (κ2) is 17.1. The Hall–Kier alpha value is -2.48. The van der Waals surface area contributed by atoms with Gasteiger partial charge < -0.3 is 43.8 Å². The summed E-state index contributed by atoms with van der Waals surface area (Å²) in [5.41, 5.74) is 0. The van der Waals surface area contributed by atoms with E-state index in [-0.39, 0.29) is 42.0 Å². The molecule has 0 aliphatic carbocycles. The van der Waals surface area contributed by atoms with Crippen molar-refractivity contribution < 1.29 is 43.8 Å². The number of halogens is 2. The summed E-state index contributed by atoms with van der Waals surface area (Å²) in [5.74, 6) is 3.62. The number of methoxy groups -OCH3 is 4. The van der Waals surface area contributed by atoms with Crippen molar-refractivity contribution in [2.45, 2.75) is 0 Å². The van der Waals surface area contributed by atoms with E-state index in [9.17, 15) is 0 Å². The molecule has 0 radical (unpaired) electrons. The normalized spacial score (nSPS) is 9.44. The molecule has 0 N–H and O–H groups in total. The van der Waals surface area contributed by atoms with Crippen LogP contribution in [0.2, 0.25) is 0 Å². The molecule has 0 atom stereocenters. The standard InChI is InChI=1S/2C14H15O2P.2ClH/c2*1-15-11-3-7-13(8-4-11)17-14-9-5-12(16-2)6-10-14;;/h2*3-10,17H,1-2H3;2*1H. The molecule has 0 aliphatic rings. The minimum atomic E-state index is 0. The van der Waals surface area contributed by atoms with E-state index in [1.165, 1.54) is 21.2 Å². The Balaban J connectivity index is 0.000000341. The molecule has 4 aromatic rings. The minimum absolute atomic E-state index is 0. The zero-order valence-electron chi connectivity index (χ0n) is 20.8. The maximum Gasteiger partial charge on any atom is 0.119 e. The van der Waals surface area contributed by atoms with Crippen molar-refractivity contribution >= 4 is 38.4 Å². The zero-order valence-corrected chi connectivity index (χ0v) is 24.6. The summed E-state index contributed by atoms with van der Waals surface area (Å²) in [6.45, 7) is 0. The summed E-state index contributed by atoms with van der Waals surface area (Å²) in [6.07, 6.45) is 0. The smallest absolute Gasteiger partial charge is 0.119 e. The van der Waals surface area contributed by atoms with E-state index in [0.29, 0.717) is 0 Å². The third-order valence-electron chi connectivity index (χ3n) is 5.13. The van der Waals surface area contributed by atoms with Gasteiger partial charge in [-0.15, -0.1) is 0 Å². The molecule has 0 fully saturated rings. The number of hydrogen-bond acceptors (Lipinski definition) is 4. The SMILES string of the molecule is COc1ccc([PH2+]c2ccc(OC)cc2)cc1.COc1ccc([PH2+]c2ccc(OC)cc2)cc1.[Cl-].[Cl-].